The Labute approximate surface area is 247 Å². The summed E-state index contributed by atoms with van der Waals surface area (Å²) in [4.78, 5) is 28.7. The number of anilines is 1. The second-order valence-electron chi connectivity index (χ2n) is 9.25. The van der Waals surface area contributed by atoms with E-state index in [9.17, 15) is 18.0 Å². The van der Waals surface area contributed by atoms with Crippen molar-refractivity contribution in [3.63, 3.8) is 0 Å². The second-order valence-corrected chi connectivity index (χ2v) is 12.0. The van der Waals surface area contributed by atoms with E-state index in [1.807, 2.05) is 48.5 Å². The molecule has 0 unspecified atom stereocenters. The van der Waals surface area contributed by atoms with Gasteiger partial charge in [0.15, 0.2) is 0 Å². The number of benzene rings is 4. The second kappa shape index (κ2) is 13.6. The molecule has 0 fully saturated rings. The van der Waals surface area contributed by atoms with Crippen molar-refractivity contribution in [1.29, 1.82) is 0 Å². The molecule has 2 amide bonds. The van der Waals surface area contributed by atoms with E-state index in [1.54, 1.807) is 24.3 Å². The van der Waals surface area contributed by atoms with Gasteiger partial charge in [-0.25, -0.2) is 12.8 Å². The summed E-state index contributed by atoms with van der Waals surface area (Å²) in [6.45, 7) is -0.714. The summed E-state index contributed by atoms with van der Waals surface area (Å²) in [7, 11) is -2.88. The van der Waals surface area contributed by atoms with Gasteiger partial charge in [0.05, 0.1) is 10.6 Å². The van der Waals surface area contributed by atoms with Gasteiger partial charge < -0.3 is 10.2 Å². The first-order chi connectivity index (χ1) is 19.7. The van der Waals surface area contributed by atoms with Crippen LogP contribution in [0.4, 0.5) is 10.1 Å². The third-order valence-corrected chi connectivity index (χ3v) is 8.76. The monoisotopic (exact) mass is 637 g/mol. The van der Waals surface area contributed by atoms with Crippen LogP contribution in [0.2, 0.25) is 0 Å². The smallest absolute Gasteiger partial charge is 0.264 e. The molecule has 1 N–H and O–H groups in total. The number of hydrogen-bond acceptors (Lipinski definition) is 4. The molecule has 0 aromatic heterocycles. The third kappa shape index (κ3) is 7.39. The predicted octanol–water partition coefficient (Wildman–Crippen LogP) is 5.17. The fourth-order valence-electron chi connectivity index (χ4n) is 4.44. The van der Waals surface area contributed by atoms with Crippen LogP contribution in [0.3, 0.4) is 0 Å². The van der Waals surface area contributed by atoms with E-state index in [2.05, 4.69) is 21.2 Å². The van der Waals surface area contributed by atoms with E-state index < -0.39 is 40.2 Å². The minimum atomic E-state index is -4.36. The van der Waals surface area contributed by atoms with E-state index in [0.29, 0.717) is 0 Å². The molecule has 0 spiro atoms. The number of nitrogens with one attached hydrogen (secondary N) is 1. The Morgan fingerprint density at radius 2 is 1.46 bits per heavy atom. The van der Waals surface area contributed by atoms with Crippen LogP contribution >= 0.6 is 15.9 Å². The zero-order chi connectivity index (χ0) is 29.4. The van der Waals surface area contributed by atoms with Crippen LogP contribution in [0.25, 0.3) is 0 Å². The summed E-state index contributed by atoms with van der Waals surface area (Å²) in [5.74, 6) is -1.89. The standard InChI is InChI=1S/C31H29BrFN3O4S/c1-34-31(38)29(20-23-11-4-2-5-12-23)35(21-24-13-10-14-25(32)19-24)30(37)22-36(28-18-9-8-17-27(28)33)41(39,40)26-15-6-3-7-16-26/h2-19,29H,20-22H2,1H3,(H,34,38)/t29-/m0/s1. The minimum absolute atomic E-state index is 0.0136. The van der Waals surface area contributed by atoms with E-state index in [0.717, 1.165) is 26.0 Å². The molecule has 10 heteroatoms. The Morgan fingerprint density at radius 3 is 2.10 bits per heavy atom. The van der Waals surface area contributed by atoms with Crippen LogP contribution in [0, 0.1) is 5.82 Å². The zero-order valence-electron chi connectivity index (χ0n) is 22.3. The molecule has 1 atom stereocenters. The number of para-hydroxylation sites is 1. The molecule has 0 bridgehead atoms. The van der Waals surface area contributed by atoms with Gasteiger partial charge in [-0.1, -0.05) is 88.7 Å². The maximum absolute atomic E-state index is 15.1. The number of halogens is 2. The van der Waals surface area contributed by atoms with Gasteiger partial charge in [-0.15, -0.1) is 0 Å². The minimum Gasteiger partial charge on any atom is -0.357 e. The predicted molar refractivity (Wildman–Crippen MR) is 160 cm³/mol. The Morgan fingerprint density at radius 1 is 0.854 bits per heavy atom. The van der Waals surface area contributed by atoms with E-state index in [-0.39, 0.29) is 23.5 Å². The number of carbonyl (C=O) groups excluding carboxylic acids is 2. The van der Waals surface area contributed by atoms with Crippen LogP contribution in [0.1, 0.15) is 11.1 Å². The van der Waals surface area contributed by atoms with Crippen molar-refractivity contribution < 1.29 is 22.4 Å². The molecule has 0 aliphatic rings. The SMILES string of the molecule is CNC(=O)[C@H](Cc1ccccc1)N(Cc1cccc(Br)c1)C(=O)CN(c1ccccc1F)S(=O)(=O)c1ccccc1. The first-order valence-electron chi connectivity index (χ1n) is 12.8. The molecule has 7 nitrogen and oxygen atoms in total. The number of carbonyl (C=O) groups is 2. The number of amides is 2. The summed E-state index contributed by atoms with van der Waals surface area (Å²) >= 11 is 3.44. The van der Waals surface area contributed by atoms with Crippen LogP contribution in [-0.4, -0.2) is 44.8 Å². The topological polar surface area (TPSA) is 86.8 Å². The van der Waals surface area contributed by atoms with Gasteiger partial charge in [0.25, 0.3) is 10.0 Å². The normalized spacial score (nSPS) is 11.9. The molecule has 0 saturated carbocycles. The van der Waals surface area contributed by atoms with Crippen LogP contribution in [0.5, 0.6) is 0 Å². The van der Waals surface area contributed by atoms with Gasteiger partial charge in [-0.3, -0.25) is 13.9 Å². The number of likely N-dealkylation sites (N-methyl/N-ethyl adjacent to an activating group) is 1. The molecule has 41 heavy (non-hydrogen) atoms. The van der Waals surface area contributed by atoms with E-state index >= 15 is 4.39 Å². The molecular weight excluding hydrogens is 609 g/mol. The number of sulfonamides is 1. The lowest BCUT2D eigenvalue weighted by Gasteiger charge is -2.33. The summed E-state index contributed by atoms with van der Waals surface area (Å²) in [6, 6.07) is 28.4. The van der Waals surface area contributed by atoms with Gasteiger partial charge in [0.1, 0.15) is 18.4 Å². The molecule has 0 radical (unpaired) electrons. The molecule has 0 aliphatic carbocycles. The van der Waals surface area contributed by atoms with Crippen LogP contribution in [-0.2, 0) is 32.6 Å². The van der Waals surface area contributed by atoms with E-state index in [1.165, 1.54) is 42.3 Å². The van der Waals surface area contributed by atoms with Crippen molar-refractivity contribution in [2.24, 2.45) is 0 Å². The Balaban J connectivity index is 1.79. The molecule has 0 aliphatic heterocycles. The van der Waals surface area contributed by atoms with Crippen molar-refractivity contribution in [1.82, 2.24) is 10.2 Å². The van der Waals surface area contributed by atoms with Crippen molar-refractivity contribution in [2.75, 3.05) is 17.9 Å². The highest BCUT2D eigenvalue weighted by Crippen LogP contribution is 2.27. The third-order valence-electron chi connectivity index (χ3n) is 6.49. The summed E-state index contributed by atoms with van der Waals surface area (Å²) < 4.78 is 44.2. The summed E-state index contributed by atoms with van der Waals surface area (Å²) in [5.41, 5.74) is 1.26. The summed E-state index contributed by atoms with van der Waals surface area (Å²) in [5, 5.41) is 2.63. The lowest BCUT2D eigenvalue weighted by molar-refractivity contribution is -0.139. The highest BCUT2D eigenvalue weighted by molar-refractivity contribution is 9.10. The van der Waals surface area contributed by atoms with Gasteiger partial charge >= 0.3 is 0 Å². The number of hydrogen-bond donors (Lipinski definition) is 1. The molecule has 4 aromatic rings. The molecule has 4 rings (SSSR count). The Hall–Kier alpha value is -4.02. The highest BCUT2D eigenvalue weighted by atomic mass is 79.9. The van der Waals surface area contributed by atoms with Gasteiger partial charge in [-0.05, 0) is 47.5 Å². The van der Waals surface area contributed by atoms with Crippen molar-refractivity contribution in [2.45, 2.75) is 23.9 Å². The maximum Gasteiger partial charge on any atom is 0.264 e. The largest absolute Gasteiger partial charge is 0.357 e. The van der Waals surface area contributed by atoms with E-state index in [4.69, 9.17) is 0 Å². The fourth-order valence-corrected chi connectivity index (χ4v) is 6.33. The van der Waals surface area contributed by atoms with Gasteiger partial charge in [0.2, 0.25) is 11.8 Å². The summed E-state index contributed by atoms with van der Waals surface area (Å²) in [6.07, 6.45) is 0.186. The lowest BCUT2D eigenvalue weighted by Crippen LogP contribution is -2.53. The Kier molecular flexibility index (Phi) is 9.91. The molecule has 4 aromatic carbocycles. The van der Waals surface area contributed by atoms with Gasteiger partial charge in [0, 0.05) is 24.5 Å². The zero-order valence-corrected chi connectivity index (χ0v) is 24.7. The molecule has 0 heterocycles. The molecular formula is C31H29BrFN3O4S. The number of rotatable bonds is 11. The Bertz CT molecular complexity index is 1600. The van der Waals surface area contributed by atoms with Crippen molar-refractivity contribution in [3.8, 4) is 0 Å². The maximum atomic E-state index is 15.1. The lowest BCUT2D eigenvalue weighted by atomic mass is 10.0. The fraction of sp³-hybridized carbons (Fsp3) is 0.161. The average molecular weight is 639 g/mol. The quantitative estimate of drug-likeness (QED) is 0.246. The van der Waals surface area contributed by atoms with Crippen molar-refractivity contribution in [3.05, 3.63) is 131 Å². The number of nitrogens with zero attached hydrogens (tertiary/aromatic N) is 2. The van der Waals surface area contributed by atoms with Crippen LogP contribution < -0.4 is 9.62 Å². The van der Waals surface area contributed by atoms with Crippen LogP contribution in [0.15, 0.2) is 119 Å². The average Bonchev–Trinajstić information content (AvgIpc) is 2.98. The van der Waals surface area contributed by atoms with Crippen molar-refractivity contribution >= 4 is 43.5 Å². The first-order valence-corrected chi connectivity index (χ1v) is 15.1. The first kappa shape index (κ1) is 30.0. The van der Waals surface area contributed by atoms with Gasteiger partial charge in [-0.2, -0.15) is 0 Å². The molecule has 212 valence electrons. The molecule has 0 saturated heterocycles. The highest BCUT2D eigenvalue weighted by Gasteiger charge is 2.35.